The Bertz CT molecular complexity index is 998. The van der Waals surface area contributed by atoms with E-state index in [2.05, 4.69) is 54.7 Å². The summed E-state index contributed by atoms with van der Waals surface area (Å²) in [5.74, 6) is 1.59. The Hall–Kier alpha value is -1.55. The van der Waals surface area contributed by atoms with Crippen LogP contribution in [-0.2, 0) is 19.4 Å². The van der Waals surface area contributed by atoms with Gasteiger partial charge in [-0.05, 0) is 64.2 Å². The van der Waals surface area contributed by atoms with Gasteiger partial charge in [0.15, 0.2) is 5.84 Å². The maximum atomic E-state index is 12.4. The van der Waals surface area contributed by atoms with E-state index in [0.717, 1.165) is 50.6 Å². The third-order valence-electron chi connectivity index (χ3n) is 9.97. The first kappa shape index (κ1) is 49.5. The smallest absolute Gasteiger partial charge is 0.220 e. The number of carbonyl (C=O) groups excluding carboxylic acids is 1. The van der Waals surface area contributed by atoms with Gasteiger partial charge in [0.1, 0.15) is 13.1 Å². The fourth-order valence-electron chi connectivity index (χ4n) is 6.53. The van der Waals surface area contributed by atoms with Crippen molar-refractivity contribution < 1.29 is 26.4 Å². The van der Waals surface area contributed by atoms with Gasteiger partial charge in [0.05, 0.1) is 27.2 Å². The van der Waals surface area contributed by atoms with Gasteiger partial charge in [-0.25, -0.2) is 13.4 Å². The first-order chi connectivity index (χ1) is 24.7. The molecule has 51 heavy (non-hydrogen) atoms. The van der Waals surface area contributed by atoms with Crippen LogP contribution >= 0.6 is 0 Å². The van der Waals surface area contributed by atoms with Crippen molar-refractivity contribution in [1.29, 1.82) is 0 Å². The molecule has 0 bridgehead atoms. The van der Waals surface area contributed by atoms with Gasteiger partial charge in [-0.1, -0.05) is 141 Å². The summed E-state index contributed by atoms with van der Waals surface area (Å²) in [6, 6.07) is 0. The van der Waals surface area contributed by atoms with E-state index in [9.17, 15) is 17.8 Å². The molecule has 1 amide bonds. The largest absolute Gasteiger partial charge is 0.726 e. The zero-order valence-electron chi connectivity index (χ0n) is 33.8. The highest BCUT2D eigenvalue weighted by Gasteiger charge is 2.32. The molecule has 1 aliphatic rings. The summed E-state index contributed by atoms with van der Waals surface area (Å²) in [6.07, 6.45) is 45.7. The number of rotatable bonds is 34. The SMILES string of the molecule is CCCCCCCC/C=C\CCCCCCCC(=O)NCC[N+]1(C)CCN=C1CCCCCCC/C=C\CCCCCCCC.COS(=O)(=O)[O-]. The Labute approximate surface area is 316 Å². The molecule has 0 fully saturated rings. The second kappa shape index (κ2) is 35.5. The summed E-state index contributed by atoms with van der Waals surface area (Å²) < 4.78 is 31.9. The van der Waals surface area contributed by atoms with Crippen molar-refractivity contribution in [3.8, 4) is 0 Å². The average Bonchev–Trinajstić information content (AvgIpc) is 3.47. The first-order valence-corrected chi connectivity index (χ1v) is 22.5. The number of hydrogen-bond acceptors (Lipinski definition) is 6. The van der Waals surface area contributed by atoms with E-state index in [1.54, 1.807) is 0 Å². The van der Waals surface area contributed by atoms with Crippen LogP contribution in [0.5, 0.6) is 0 Å². The number of amides is 1. The van der Waals surface area contributed by atoms with Crippen LogP contribution in [0.4, 0.5) is 0 Å². The number of nitrogens with one attached hydrogen (secondary N) is 1. The molecule has 8 nitrogen and oxygen atoms in total. The molecule has 9 heteroatoms. The molecule has 0 spiro atoms. The summed E-state index contributed by atoms with van der Waals surface area (Å²) in [5, 5.41) is 3.20. The summed E-state index contributed by atoms with van der Waals surface area (Å²) in [5.41, 5.74) is 0. The molecule has 1 atom stereocenters. The highest BCUT2D eigenvalue weighted by atomic mass is 32.3. The monoisotopic (exact) mass is 740 g/mol. The fraction of sp³-hybridized carbons (Fsp3) is 0.857. The molecular formula is C42H81N3O5S. The van der Waals surface area contributed by atoms with Crippen molar-refractivity contribution in [1.82, 2.24) is 5.32 Å². The second-order valence-corrected chi connectivity index (χ2v) is 15.9. The Kier molecular flexibility index (Phi) is 34.4. The molecule has 0 radical (unpaired) electrons. The van der Waals surface area contributed by atoms with Crippen LogP contribution in [0.25, 0.3) is 0 Å². The number of unbranched alkanes of at least 4 members (excludes halogenated alkanes) is 22. The highest BCUT2D eigenvalue weighted by Crippen LogP contribution is 2.18. The second-order valence-electron chi connectivity index (χ2n) is 14.7. The van der Waals surface area contributed by atoms with Gasteiger partial charge >= 0.3 is 0 Å². The number of amidine groups is 1. The molecule has 1 heterocycles. The minimum atomic E-state index is -4.41. The number of likely N-dealkylation sites (N-methyl/N-ethyl adjacent to an activating group) is 1. The molecule has 0 aromatic rings. The lowest BCUT2D eigenvalue weighted by atomic mass is 10.1. The van der Waals surface area contributed by atoms with Crippen LogP contribution < -0.4 is 5.32 Å². The van der Waals surface area contributed by atoms with Gasteiger partial charge in [-0.3, -0.25) is 13.5 Å². The maximum absolute atomic E-state index is 12.4. The van der Waals surface area contributed by atoms with Crippen molar-refractivity contribution >= 4 is 22.1 Å². The zero-order valence-corrected chi connectivity index (χ0v) is 34.6. The van der Waals surface area contributed by atoms with Crippen LogP contribution in [0.1, 0.15) is 194 Å². The van der Waals surface area contributed by atoms with Gasteiger partial charge in [-0.2, -0.15) is 0 Å². The fourth-order valence-corrected chi connectivity index (χ4v) is 6.53. The first-order valence-electron chi connectivity index (χ1n) is 21.1. The van der Waals surface area contributed by atoms with Crippen molar-refractivity contribution in [2.45, 2.75) is 194 Å². The minimum Gasteiger partial charge on any atom is -0.726 e. The molecule has 0 aromatic heterocycles. The Morgan fingerprint density at radius 3 is 1.53 bits per heavy atom. The van der Waals surface area contributed by atoms with E-state index in [1.807, 2.05) is 0 Å². The third kappa shape index (κ3) is 34.0. The number of aliphatic imine (C=N–C) groups is 1. The van der Waals surface area contributed by atoms with Crippen LogP contribution in [0, 0.1) is 0 Å². The van der Waals surface area contributed by atoms with Gasteiger partial charge < -0.3 is 9.87 Å². The van der Waals surface area contributed by atoms with Crippen LogP contribution in [0.2, 0.25) is 0 Å². The molecule has 1 N–H and O–H groups in total. The van der Waals surface area contributed by atoms with Gasteiger partial charge in [0.25, 0.3) is 0 Å². The Morgan fingerprint density at radius 1 is 0.706 bits per heavy atom. The van der Waals surface area contributed by atoms with E-state index < -0.39 is 10.4 Å². The van der Waals surface area contributed by atoms with Gasteiger partial charge in [0.2, 0.25) is 16.3 Å². The molecule has 1 unspecified atom stereocenters. The molecule has 300 valence electrons. The lowest BCUT2D eigenvalue weighted by Gasteiger charge is -2.30. The number of nitrogens with zero attached hydrogens (tertiary/aromatic N) is 2. The van der Waals surface area contributed by atoms with Gasteiger partial charge in [0, 0.05) is 12.8 Å². The van der Waals surface area contributed by atoms with E-state index in [0.29, 0.717) is 6.42 Å². The number of carbonyl (C=O) groups is 1. The van der Waals surface area contributed by atoms with E-state index in [1.165, 1.54) is 166 Å². The van der Waals surface area contributed by atoms with Crippen LogP contribution in [0.3, 0.4) is 0 Å². The third-order valence-corrected chi connectivity index (χ3v) is 10.4. The number of hydrogen-bond donors (Lipinski definition) is 1. The van der Waals surface area contributed by atoms with Gasteiger partial charge in [-0.15, -0.1) is 0 Å². The van der Waals surface area contributed by atoms with Crippen molar-refractivity contribution in [2.24, 2.45) is 4.99 Å². The molecule has 0 aliphatic carbocycles. The highest BCUT2D eigenvalue weighted by molar-refractivity contribution is 7.80. The predicted molar refractivity (Wildman–Crippen MR) is 217 cm³/mol. The van der Waals surface area contributed by atoms with E-state index in [-0.39, 0.29) is 5.91 Å². The standard InChI is InChI=1S/C41H77N3O.CH4O4S/c1-4-6-8-10-12-14-16-18-20-22-24-26-28-30-32-34-40-42-36-38-44(40,3)39-37-43-41(45)35-33-31-29-27-25-23-21-19-17-15-13-11-9-7-5-2;1-5-6(2,3)4/h18-21H,4-17,22-39H2,1-3H3;1H3,(H,2,3,4)/b20-18-,21-19-;. The van der Waals surface area contributed by atoms with E-state index >= 15 is 0 Å². The average molecular weight is 740 g/mol. The van der Waals surface area contributed by atoms with Crippen LogP contribution in [0.15, 0.2) is 29.3 Å². The number of allylic oxidation sites excluding steroid dienone is 4. The van der Waals surface area contributed by atoms with Crippen molar-refractivity contribution in [3.05, 3.63) is 24.3 Å². The predicted octanol–water partition coefficient (Wildman–Crippen LogP) is 11.1. The molecule has 0 saturated carbocycles. The summed E-state index contributed by atoms with van der Waals surface area (Å²) in [6.45, 7) is 8.34. The Morgan fingerprint density at radius 2 is 1.10 bits per heavy atom. The number of quaternary nitrogens is 1. The Balaban J connectivity index is 0.00000381. The molecule has 1 aliphatic heterocycles. The lowest BCUT2D eigenvalue weighted by molar-refractivity contribution is -0.814. The van der Waals surface area contributed by atoms with Crippen LogP contribution in [-0.4, -0.2) is 69.5 Å². The minimum absolute atomic E-state index is 0.231. The molecule has 0 saturated heterocycles. The summed E-state index contributed by atoms with van der Waals surface area (Å²) >= 11 is 0. The topological polar surface area (TPSA) is 108 Å². The molecular weight excluding hydrogens is 659 g/mol. The lowest BCUT2D eigenvalue weighted by Crippen LogP contribution is -2.51. The van der Waals surface area contributed by atoms with Crippen molar-refractivity contribution in [2.75, 3.05) is 40.3 Å². The zero-order chi connectivity index (χ0) is 37.7. The molecule has 1 rings (SSSR count). The van der Waals surface area contributed by atoms with E-state index in [4.69, 9.17) is 4.99 Å². The molecule has 0 aromatic carbocycles. The summed E-state index contributed by atoms with van der Waals surface area (Å²) in [7, 11) is -1.29. The summed E-state index contributed by atoms with van der Waals surface area (Å²) in [4.78, 5) is 17.3. The normalized spacial score (nSPS) is 16.1. The maximum Gasteiger partial charge on any atom is 0.220 e. The van der Waals surface area contributed by atoms with Crippen molar-refractivity contribution in [3.63, 3.8) is 0 Å². The quantitative estimate of drug-likeness (QED) is 0.0232.